The molecule has 3 nitrogen and oxygen atoms in total. The van der Waals surface area contributed by atoms with Crippen LogP contribution in [0.2, 0.25) is 0 Å². The van der Waals surface area contributed by atoms with Crippen molar-refractivity contribution in [2.24, 2.45) is 0 Å². The maximum atomic E-state index is 10.8. The van der Waals surface area contributed by atoms with Crippen molar-refractivity contribution in [2.75, 3.05) is 0 Å². The van der Waals surface area contributed by atoms with Crippen molar-refractivity contribution in [3.8, 4) is 0 Å². The molecule has 0 bridgehead atoms. The van der Waals surface area contributed by atoms with E-state index in [-0.39, 0.29) is 0 Å². The molecule has 22 heavy (non-hydrogen) atoms. The van der Waals surface area contributed by atoms with Gasteiger partial charge >= 0.3 is 5.97 Å². The SMILES string of the molecule is O=C(O)c1ccc(Cc2nc(Cc3ccccc3)cs2)cc1. The maximum Gasteiger partial charge on any atom is 0.335 e. The standard InChI is InChI=1S/C18H15NO2S/c20-18(21)15-8-6-14(7-9-15)11-17-19-16(12-22-17)10-13-4-2-1-3-5-13/h1-9,12H,10-11H2,(H,20,21). The van der Waals surface area contributed by atoms with E-state index in [4.69, 9.17) is 5.11 Å². The zero-order valence-corrected chi connectivity index (χ0v) is 12.7. The van der Waals surface area contributed by atoms with Crippen molar-refractivity contribution >= 4 is 17.3 Å². The van der Waals surface area contributed by atoms with E-state index in [9.17, 15) is 4.79 Å². The average molecular weight is 309 g/mol. The zero-order valence-electron chi connectivity index (χ0n) is 11.9. The Kier molecular flexibility index (Phi) is 4.30. The number of hydrogen-bond donors (Lipinski definition) is 1. The predicted molar refractivity (Wildman–Crippen MR) is 87.6 cm³/mol. The van der Waals surface area contributed by atoms with E-state index in [0.717, 1.165) is 29.1 Å². The second-order valence-electron chi connectivity index (χ2n) is 5.07. The van der Waals surface area contributed by atoms with Gasteiger partial charge in [-0.15, -0.1) is 11.3 Å². The first-order chi connectivity index (χ1) is 10.7. The Balaban J connectivity index is 1.67. The van der Waals surface area contributed by atoms with Crippen molar-refractivity contribution in [1.82, 2.24) is 4.98 Å². The van der Waals surface area contributed by atoms with Gasteiger partial charge in [-0.3, -0.25) is 0 Å². The van der Waals surface area contributed by atoms with Crippen molar-refractivity contribution < 1.29 is 9.90 Å². The number of carbonyl (C=O) groups is 1. The molecular formula is C18H15NO2S. The molecule has 3 rings (SSSR count). The van der Waals surface area contributed by atoms with E-state index in [1.54, 1.807) is 23.5 Å². The minimum atomic E-state index is -0.897. The molecule has 0 atom stereocenters. The third-order valence-electron chi connectivity index (χ3n) is 3.38. The van der Waals surface area contributed by atoms with Gasteiger partial charge in [0, 0.05) is 18.2 Å². The highest BCUT2D eigenvalue weighted by molar-refractivity contribution is 7.09. The van der Waals surface area contributed by atoms with Crippen LogP contribution in [0.5, 0.6) is 0 Å². The zero-order chi connectivity index (χ0) is 15.4. The summed E-state index contributed by atoms with van der Waals surface area (Å²) >= 11 is 1.65. The van der Waals surface area contributed by atoms with E-state index in [0.29, 0.717) is 5.56 Å². The fourth-order valence-electron chi connectivity index (χ4n) is 2.26. The first kappa shape index (κ1) is 14.5. The van der Waals surface area contributed by atoms with Crippen LogP contribution in [0.15, 0.2) is 60.0 Å². The van der Waals surface area contributed by atoms with Gasteiger partial charge in [-0.25, -0.2) is 9.78 Å². The van der Waals surface area contributed by atoms with Crippen LogP contribution >= 0.6 is 11.3 Å². The van der Waals surface area contributed by atoms with E-state index < -0.39 is 5.97 Å². The van der Waals surface area contributed by atoms with Crippen LogP contribution in [-0.2, 0) is 12.8 Å². The normalized spacial score (nSPS) is 10.5. The van der Waals surface area contributed by atoms with Gasteiger partial charge in [-0.1, -0.05) is 42.5 Å². The van der Waals surface area contributed by atoms with Gasteiger partial charge in [0.05, 0.1) is 16.3 Å². The Morgan fingerprint density at radius 3 is 2.32 bits per heavy atom. The summed E-state index contributed by atoms with van der Waals surface area (Å²) in [5.41, 5.74) is 3.72. The maximum absolute atomic E-state index is 10.8. The average Bonchev–Trinajstić information content (AvgIpc) is 2.96. The quantitative estimate of drug-likeness (QED) is 0.774. The molecule has 0 spiro atoms. The van der Waals surface area contributed by atoms with Crippen LogP contribution in [-0.4, -0.2) is 16.1 Å². The number of thiazole rings is 1. The summed E-state index contributed by atoms with van der Waals surface area (Å²) in [7, 11) is 0. The molecule has 1 aromatic heterocycles. The molecular weight excluding hydrogens is 294 g/mol. The minimum absolute atomic E-state index is 0.313. The summed E-state index contributed by atoms with van der Waals surface area (Å²) < 4.78 is 0. The van der Waals surface area contributed by atoms with E-state index in [2.05, 4.69) is 22.5 Å². The Hall–Kier alpha value is -2.46. The molecule has 0 unspecified atom stereocenters. The summed E-state index contributed by atoms with van der Waals surface area (Å²) in [5, 5.41) is 12.0. The third kappa shape index (κ3) is 3.59. The lowest BCUT2D eigenvalue weighted by Gasteiger charge is -2.00. The first-order valence-corrected chi connectivity index (χ1v) is 7.88. The molecule has 0 radical (unpaired) electrons. The number of aromatic carboxylic acids is 1. The predicted octanol–water partition coefficient (Wildman–Crippen LogP) is 4.02. The first-order valence-electron chi connectivity index (χ1n) is 7.00. The Labute approximate surface area is 132 Å². The number of carboxylic acid groups (broad SMARTS) is 1. The molecule has 0 aliphatic rings. The monoisotopic (exact) mass is 309 g/mol. The van der Waals surface area contributed by atoms with Crippen molar-refractivity contribution in [1.29, 1.82) is 0 Å². The van der Waals surface area contributed by atoms with E-state index >= 15 is 0 Å². The van der Waals surface area contributed by atoms with Crippen LogP contribution < -0.4 is 0 Å². The molecule has 4 heteroatoms. The summed E-state index contributed by atoms with van der Waals surface area (Å²) in [6.07, 6.45) is 1.58. The second-order valence-corrected chi connectivity index (χ2v) is 6.02. The van der Waals surface area contributed by atoms with Gasteiger partial charge < -0.3 is 5.11 Å². The highest BCUT2D eigenvalue weighted by Gasteiger charge is 2.06. The fraction of sp³-hybridized carbons (Fsp3) is 0.111. The van der Waals surface area contributed by atoms with Crippen LogP contribution in [0, 0.1) is 0 Å². The largest absolute Gasteiger partial charge is 0.478 e. The smallest absolute Gasteiger partial charge is 0.335 e. The molecule has 0 saturated carbocycles. The van der Waals surface area contributed by atoms with Crippen LogP contribution in [0.4, 0.5) is 0 Å². The van der Waals surface area contributed by atoms with Gasteiger partial charge in [0.1, 0.15) is 0 Å². The molecule has 0 aliphatic heterocycles. The lowest BCUT2D eigenvalue weighted by molar-refractivity contribution is 0.0697. The summed E-state index contributed by atoms with van der Waals surface area (Å²) in [6.45, 7) is 0. The Bertz CT molecular complexity index is 763. The van der Waals surface area contributed by atoms with E-state index in [1.165, 1.54) is 5.56 Å². The molecule has 110 valence electrons. The molecule has 1 heterocycles. The van der Waals surface area contributed by atoms with Gasteiger partial charge in [0.15, 0.2) is 0 Å². The highest BCUT2D eigenvalue weighted by Crippen LogP contribution is 2.17. The van der Waals surface area contributed by atoms with Gasteiger partial charge in [0.2, 0.25) is 0 Å². The lowest BCUT2D eigenvalue weighted by atomic mass is 10.1. The number of benzene rings is 2. The van der Waals surface area contributed by atoms with Crippen molar-refractivity contribution in [3.63, 3.8) is 0 Å². The van der Waals surface area contributed by atoms with Gasteiger partial charge in [0.25, 0.3) is 0 Å². The topological polar surface area (TPSA) is 50.2 Å². The minimum Gasteiger partial charge on any atom is -0.478 e. The summed E-state index contributed by atoms with van der Waals surface area (Å²) in [4.78, 5) is 15.5. The van der Waals surface area contributed by atoms with Crippen LogP contribution in [0.1, 0.15) is 32.2 Å². The molecule has 0 aliphatic carbocycles. The molecule has 1 N–H and O–H groups in total. The number of rotatable bonds is 5. The van der Waals surface area contributed by atoms with Crippen molar-refractivity contribution in [2.45, 2.75) is 12.8 Å². The number of nitrogens with zero attached hydrogens (tertiary/aromatic N) is 1. The van der Waals surface area contributed by atoms with E-state index in [1.807, 2.05) is 30.3 Å². The highest BCUT2D eigenvalue weighted by atomic mass is 32.1. The summed E-state index contributed by atoms with van der Waals surface area (Å²) in [5.74, 6) is -0.897. The number of aromatic nitrogens is 1. The van der Waals surface area contributed by atoms with Gasteiger partial charge in [-0.05, 0) is 23.3 Å². The lowest BCUT2D eigenvalue weighted by Crippen LogP contribution is -1.96. The summed E-state index contributed by atoms with van der Waals surface area (Å²) in [6, 6.07) is 17.2. The Morgan fingerprint density at radius 2 is 1.64 bits per heavy atom. The number of carboxylic acids is 1. The number of hydrogen-bond acceptors (Lipinski definition) is 3. The molecule has 2 aromatic carbocycles. The second kappa shape index (κ2) is 6.54. The molecule has 0 saturated heterocycles. The third-order valence-corrected chi connectivity index (χ3v) is 4.28. The molecule has 0 amide bonds. The van der Waals surface area contributed by atoms with Crippen LogP contribution in [0.3, 0.4) is 0 Å². The van der Waals surface area contributed by atoms with Crippen LogP contribution in [0.25, 0.3) is 0 Å². The van der Waals surface area contributed by atoms with Gasteiger partial charge in [-0.2, -0.15) is 0 Å². The molecule has 3 aromatic rings. The molecule has 0 fully saturated rings. The Morgan fingerprint density at radius 1 is 0.955 bits per heavy atom. The fourth-order valence-corrected chi connectivity index (χ4v) is 3.08. The van der Waals surface area contributed by atoms with Crippen molar-refractivity contribution in [3.05, 3.63) is 87.4 Å².